The molecule has 0 aromatic rings. The van der Waals surface area contributed by atoms with Gasteiger partial charge < -0.3 is 4.74 Å². The second kappa shape index (κ2) is 7.91. The summed E-state index contributed by atoms with van der Waals surface area (Å²) in [6.07, 6.45) is 4.35. The Balaban J connectivity index is 2.78. The highest BCUT2D eigenvalue weighted by Crippen LogP contribution is 2.33. The molecule has 1 fully saturated rings. The van der Waals surface area contributed by atoms with Crippen molar-refractivity contribution in [3.8, 4) is 0 Å². The average molecular weight is 294 g/mol. The van der Waals surface area contributed by atoms with E-state index in [1.807, 2.05) is 6.92 Å². The number of carbonyl (C=O) groups is 2. The molecule has 4 heteroatoms. The van der Waals surface area contributed by atoms with Crippen molar-refractivity contribution in [3.05, 3.63) is 36.2 Å². The van der Waals surface area contributed by atoms with Crippen molar-refractivity contribution in [2.45, 2.75) is 39.0 Å². The van der Waals surface area contributed by atoms with Gasteiger partial charge in [0.1, 0.15) is 17.5 Å². The SMILES string of the molecule is C=C/C(C[C@@H]1CCC(C(=O)OC)C(=O)C1)=C(/CC)C(=C)F. The number of ketones is 1. The molecule has 1 saturated carbocycles. The van der Waals surface area contributed by atoms with Crippen LogP contribution < -0.4 is 0 Å². The summed E-state index contributed by atoms with van der Waals surface area (Å²) in [5.74, 6) is -1.50. The maximum atomic E-state index is 13.4. The zero-order chi connectivity index (χ0) is 16.0. The summed E-state index contributed by atoms with van der Waals surface area (Å²) >= 11 is 0. The predicted molar refractivity (Wildman–Crippen MR) is 80.2 cm³/mol. The predicted octanol–water partition coefficient (Wildman–Crippen LogP) is 3.91. The fourth-order valence-electron chi connectivity index (χ4n) is 2.89. The molecule has 0 aromatic heterocycles. The third-order valence-electron chi connectivity index (χ3n) is 4.05. The highest BCUT2D eigenvalue weighted by atomic mass is 19.1. The first-order valence-electron chi connectivity index (χ1n) is 7.24. The largest absolute Gasteiger partial charge is 0.468 e. The van der Waals surface area contributed by atoms with Crippen LogP contribution in [0.1, 0.15) is 39.0 Å². The van der Waals surface area contributed by atoms with Crippen molar-refractivity contribution in [1.29, 1.82) is 0 Å². The normalized spacial score (nSPS) is 23.3. The molecule has 0 saturated heterocycles. The lowest BCUT2D eigenvalue weighted by Crippen LogP contribution is -2.31. The highest BCUT2D eigenvalue weighted by Gasteiger charge is 2.34. The van der Waals surface area contributed by atoms with Gasteiger partial charge in [-0.15, -0.1) is 0 Å². The summed E-state index contributed by atoms with van der Waals surface area (Å²) in [6.45, 7) is 8.94. The quantitative estimate of drug-likeness (QED) is 0.424. The molecular formula is C17H23FO3. The summed E-state index contributed by atoms with van der Waals surface area (Å²) in [4.78, 5) is 23.5. The lowest BCUT2D eigenvalue weighted by molar-refractivity contribution is -0.151. The number of carbonyl (C=O) groups excluding carboxylic acids is 2. The number of halogens is 1. The van der Waals surface area contributed by atoms with Crippen LogP contribution in [0.15, 0.2) is 36.2 Å². The van der Waals surface area contributed by atoms with Crippen LogP contribution >= 0.6 is 0 Å². The van der Waals surface area contributed by atoms with Gasteiger partial charge >= 0.3 is 5.97 Å². The van der Waals surface area contributed by atoms with Gasteiger partial charge in [0.25, 0.3) is 0 Å². The van der Waals surface area contributed by atoms with Crippen molar-refractivity contribution in [3.63, 3.8) is 0 Å². The molecule has 116 valence electrons. The van der Waals surface area contributed by atoms with Crippen molar-refractivity contribution in [2.75, 3.05) is 7.11 Å². The molecule has 0 amide bonds. The van der Waals surface area contributed by atoms with Crippen LogP contribution in [-0.2, 0) is 14.3 Å². The van der Waals surface area contributed by atoms with Gasteiger partial charge in [-0.25, -0.2) is 4.39 Å². The Labute approximate surface area is 125 Å². The second-order valence-electron chi connectivity index (χ2n) is 5.36. The maximum Gasteiger partial charge on any atom is 0.316 e. The van der Waals surface area contributed by atoms with Gasteiger partial charge in [-0.2, -0.15) is 0 Å². The molecule has 0 heterocycles. The molecule has 0 radical (unpaired) electrons. The first kappa shape index (κ1) is 17.3. The number of ether oxygens (including phenoxy) is 1. The van der Waals surface area contributed by atoms with Gasteiger partial charge in [0, 0.05) is 6.42 Å². The monoisotopic (exact) mass is 294 g/mol. The van der Waals surface area contributed by atoms with E-state index in [1.54, 1.807) is 6.08 Å². The number of hydrogen-bond donors (Lipinski definition) is 0. The Morgan fingerprint density at radius 2 is 2.14 bits per heavy atom. The van der Waals surface area contributed by atoms with Crippen molar-refractivity contribution < 1.29 is 18.7 Å². The van der Waals surface area contributed by atoms with Crippen LogP contribution in [0.5, 0.6) is 0 Å². The number of Topliss-reactive ketones (excluding diaryl/α,β-unsaturated/α-hetero) is 1. The standard InChI is InChI=1S/C17H23FO3/c1-5-13(14(6-2)11(3)18)9-12-7-8-15(16(19)10-12)17(20)21-4/h5,12,15H,1,3,6-10H2,2,4H3/b14-13+/t12-,15?/m0/s1. The van der Waals surface area contributed by atoms with Crippen LogP contribution in [-0.4, -0.2) is 18.9 Å². The molecule has 0 bridgehead atoms. The maximum absolute atomic E-state index is 13.4. The lowest BCUT2D eigenvalue weighted by Gasteiger charge is -2.26. The fourth-order valence-corrected chi connectivity index (χ4v) is 2.89. The molecule has 2 atom stereocenters. The van der Waals surface area contributed by atoms with E-state index in [0.29, 0.717) is 31.3 Å². The second-order valence-corrected chi connectivity index (χ2v) is 5.36. The van der Waals surface area contributed by atoms with Gasteiger partial charge in [-0.3, -0.25) is 9.59 Å². The Kier molecular flexibility index (Phi) is 6.53. The van der Waals surface area contributed by atoms with E-state index >= 15 is 0 Å². The molecule has 1 unspecified atom stereocenters. The third kappa shape index (κ3) is 4.38. The van der Waals surface area contributed by atoms with Crippen LogP contribution in [0.3, 0.4) is 0 Å². The van der Waals surface area contributed by atoms with Crippen molar-refractivity contribution in [1.82, 2.24) is 0 Å². The number of esters is 1. The fraction of sp³-hybridized carbons (Fsp3) is 0.529. The van der Waals surface area contributed by atoms with Crippen LogP contribution in [0.4, 0.5) is 4.39 Å². The number of methoxy groups -OCH3 is 1. The van der Waals surface area contributed by atoms with Gasteiger partial charge in [0.2, 0.25) is 0 Å². The molecule has 1 rings (SSSR count). The Morgan fingerprint density at radius 3 is 2.57 bits per heavy atom. The van der Waals surface area contributed by atoms with Gasteiger partial charge in [-0.05, 0) is 42.7 Å². The highest BCUT2D eigenvalue weighted by molar-refractivity contribution is 5.99. The Morgan fingerprint density at radius 1 is 1.48 bits per heavy atom. The summed E-state index contributed by atoms with van der Waals surface area (Å²) < 4.78 is 18.1. The van der Waals surface area contributed by atoms with E-state index in [0.717, 1.165) is 12.0 Å². The van der Waals surface area contributed by atoms with Crippen LogP contribution in [0, 0.1) is 11.8 Å². The minimum atomic E-state index is -0.635. The zero-order valence-corrected chi connectivity index (χ0v) is 12.8. The summed E-state index contributed by atoms with van der Waals surface area (Å²) in [6, 6.07) is 0. The molecule has 0 aliphatic heterocycles. The van der Waals surface area contributed by atoms with Gasteiger partial charge in [0.05, 0.1) is 7.11 Å². The van der Waals surface area contributed by atoms with Crippen molar-refractivity contribution in [2.24, 2.45) is 11.8 Å². The van der Waals surface area contributed by atoms with E-state index < -0.39 is 17.7 Å². The van der Waals surface area contributed by atoms with E-state index in [1.165, 1.54) is 7.11 Å². The molecule has 0 N–H and O–H groups in total. The summed E-state index contributed by atoms with van der Waals surface area (Å²) in [5.41, 5.74) is 1.37. The van der Waals surface area contributed by atoms with Crippen molar-refractivity contribution >= 4 is 11.8 Å². The molecule has 3 nitrogen and oxygen atoms in total. The summed E-state index contributed by atoms with van der Waals surface area (Å²) in [7, 11) is 1.29. The first-order valence-corrected chi connectivity index (χ1v) is 7.24. The zero-order valence-electron chi connectivity index (χ0n) is 12.8. The third-order valence-corrected chi connectivity index (χ3v) is 4.05. The Bertz CT molecular complexity index is 476. The number of hydrogen-bond acceptors (Lipinski definition) is 3. The van der Waals surface area contributed by atoms with Crippen LogP contribution in [0.2, 0.25) is 0 Å². The molecule has 1 aliphatic rings. The number of rotatable bonds is 6. The van der Waals surface area contributed by atoms with E-state index in [-0.39, 0.29) is 11.7 Å². The molecule has 1 aliphatic carbocycles. The summed E-state index contributed by atoms with van der Waals surface area (Å²) in [5, 5.41) is 0. The number of allylic oxidation sites excluding steroid dienone is 4. The van der Waals surface area contributed by atoms with Gasteiger partial charge in [0.15, 0.2) is 0 Å². The smallest absolute Gasteiger partial charge is 0.316 e. The molecule has 0 aromatic carbocycles. The average Bonchev–Trinajstić information content (AvgIpc) is 2.45. The van der Waals surface area contributed by atoms with E-state index in [4.69, 9.17) is 0 Å². The first-order chi connectivity index (χ1) is 9.94. The minimum absolute atomic E-state index is 0.0846. The Hall–Kier alpha value is -1.71. The minimum Gasteiger partial charge on any atom is -0.468 e. The van der Waals surface area contributed by atoms with Crippen LogP contribution in [0.25, 0.3) is 0 Å². The molecular weight excluding hydrogens is 271 g/mol. The van der Waals surface area contributed by atoms with E-state index in [9.17, 15) is 14.0 Å². The molecule has 0 spiro atoms. The molecule has 21 heavy (non-hydrogen) atoms. The topological polar surface area (TPSA) is 43.4 Å². The lowest BCUT2D eigenvalue weighted by atomic mass is 9.77. The van der Waals surface area contributed by atoms with E-state index in [2.05, 4.69) is 17.9 Å². The van der Waals surface area contributed by atoms with Gasteiger partial charge in [-0.1, -0.05) is 26.2 Å².